The maximum atomic E-state index is 6.40. The molecule has 0 aliphatic rings. The normalized spacial score (nSPS) is 12.0. The van der Waals surface area contributed by atoms with Crippen LogP contribution in [-0.4, -0.2) is 12.6 Å². The zero-order chi connectivity index (χ0) is 26.3. The quantitative estimate of drug-likeness (QED) is 0.152. The van der Waals surface area contributed by atoms with E-state index >= 15 is 0 Å². The number of aryl methyl sites for hydroxylation is 2. The van der Waals surface area contributed by atoms with Crippen LogP contribution in [0.5, 0.6) is 0 Å². The number of rotatable bonds is 15. The van der Waals surface area contributed by atoms with E-state index in [2.05, 4.69) is 90.2 Å². The molecular weight excluding hydrogens is 440 g/mol. The van der Waals surface area contributed by atoms with Gasteiger partial charge >= 0.3 is 0 Å². The zero-order valence-corrected chi connectivity index (χ0v) is 24.3. The molecule has 0 saturated heterocycles. The number of nitrogens with one attached hydrogen (secondary N) is 1. The lowest BCUT2D eigenvalue weighted by Crippen LogP contribution is -2.20. The van der Waals surface area contributed by atoms with Crippen LogP contribution in [0.1, 0.15) is 134 Å². The SMILES string of the molecule is CCCCCCCCCCOC(=Nc1c(CC)cccc1CC)Nc1c(C(C)C)cccc1C(C)C. The largest absolute Gasteiger partial charge is 0.465 e. The predicted molar refractivity (Wildman–Crippen MR) is 159 cm³/mol. The van der Waals surface area contributed by atoms with Crippen LogP contribution in [0.15, 0.2) is 41.4 Å². The topological polar surface area (TPSA) is 33.6 Å². The number of nitrogens with zero attached hydrogens (tertiary/aromatic N) is 1. The summed E-state index contributed by atoms with van der Waals surface area (Å²) < 4.78 is 6.40. The number of ether oxygens (including phenoxy) is 1. The lowest BCUT2D eigenvalue weighted by atomic mass is 9.93. The van der Waals surface area contributed by atoms with Gasteiger partial charge in [0.15, 0.2) is 0 Å². The molecule has 1 N–H and O–H groups in total. The predicted octanol–water partition coefficient (Wildman–Crippen LogP) is 10.3. The molecule has 36 heavy (non-hydrogen) atoms. The highest BCUT2D eigenvalue weighted by Gasteiger charge is 2.17. The van der Waals surface area contributed by atoms with Gasteiger partial charge in [-0.05, 0) is 53.4 Å². The average molecular weight is 493 g/mol. The Balaban J connectivity index is 2.28. The first-order chi connectivity index (χ1) is 17.4. The Kier molecular flexibility index (Phi) is 13.7. The van der Waals surface area contributed by atoms with Crippen molar-refractivity contribution < 1.29 is 4.74 Å². The Morgan fingerprint density at radius 2 is 1.22 bits per heavy atom. The van der Waals surface area contributed by atoms with E-state index in [1.165, 1.54) is 67.2 Å². The number of benzene rings is 2. The highest BCUT2D eigenvalue weighted by molar-refractivity contribution is 5.93. The van der Waals surface area contributed by atoms with Crippen molar-refractivity contribution in [3.05, 3.63) is 58.7 Å². The van der Waals surface area contributed by atoms with Crippen LogP contribution >= 0.6 is 0 Å². The molecule has 3 heteroatoms. The third kappa shape index (κ3) is 9.30. The summed E-state index contributed by atoms with van der Waals surface area (Å²) in [6.07, 6.45) is 12.2. The lowest BCUT2D eigenvalue weighted by molar-refractivity contribution is 0.291. The summed E-state index contributed by atoms with van der Waals surface area (Å²) in [5.74, 6) is 0.823. The van der Waals surface area contributed by atoms with E-state index in [0.717, 1.165) is 30.6 Å². The van der Waals surface area contributed by atoms with Crippen molar-refractivity contribution >= 4 is 17.4 Å². The fourth-order valence-electron chi connectivity index (χ4n) is 4.76. The molecule has 0 amide bonds. The Morgan fingerprint density at radius 1 is 0.722 bits per heavy atom. The van der Waals surface area contributed by atoms with Crippen molar-refractivity contribution in [1.29, 1.82) is 0 Å². The van der Waals surface area contributed by atoms with Gasteiger partial charge in [0.25, 0.3) is 6.02 Å². The molecule has 200 valence electrons. The van der Waals surface area contributed by atoms with Gasteiger partial charge in [0.1, 0.15) is 0 Å². The van der Waals surface area contributed by atoms with Crippen LogP contribution in [0, 0.1) is 0 Å². The standard InChI is InChI=1S/C33H52N2O/c1-8-11-12-13-14-15-16-17-24-36-33(34-31-27(9-2)20-18-21-28(31)10-3)35-32-29(25(4)5)22-19-23-30(32)26(6)7/h18-23,25-26H,8-17,24H2,1-7H3,(H,34,35). The van der Waals surface area contributed by atoms with Crippen molar-refractivity contribution in [3.8, 4) is 0 Å². The fraction of sp³-hybridized carbons (Fsp3) is 0.606. The summed E-state index contributed by atoms with van der Waals surface area (Å²) in [6.45, 7) is 16.4. The minimum atomic E-state index is 0.411. The van der Waals surface area contributed by atoms with Crippen molar-refractivity contribution in [3.63, 3.8) is 0 Å². The van der Waals surface area contributed by atoms with E-state index in [9.17, 15) is 0 Å². The number of amidine groups is 1. The minimum absolute atomic E-state index is 0.411. The monoisotopic (exact) mass is 492 g/mol. The van der Waals surface area contributed by atoms with Crippen molar-refractivity contribution in [2.75, 3.05) is 11.9 Å². The van der Waals surface area contributed by atoms with Gasteiger partial charge in [-0.1, -0.05) is 130 Å². The molecule has 0 aliphatic carbocycles. The number of hydrogen-bond donors (Lipinski definition) is 1. The van der Waals surface area contributed by atoms with Crippen LogP contribution in [0.25, 0.3) is 0 Å². The summed E-state index contributed by atoms with van der Waals surface area (Å²) in [5.41, 5.74) is 7.38. The van der Waals surface area contributed by atoms with Crippen LogP contribution < -0.4 is 5.32 Å². The van der Waals surface area contributed by atoms with Crippen LogP contribution in [0.4, 0.5) is 11.4 Å². The number of para-hydroxylation sites is 2. The van der Waals surface area contributed by atoms with Crippen molar-refractivity contribution in [2.45, 2.75) is 125 Å². The van der Waals surface area contributed by atoms with Gasteiger partial charge in [0, 0.05) is 5.69 Å². The second kappa shape index (κ2) is 16.5. The van der Waals surface area contributed by atoms with Gasteiger partial charge in [-0.3, -0.25) is 0 Å². The second-order valence-corrected chi connectivity index (χ2v) is 10.6. The third-order valence-corrected chi connectivity index (χ3v) is 7.02. The molecule has 0 aromatic heterocycles. The molecule has 2 aromatic rings. The first-order valence-corrected chi connectivity index (χ1v) is 14.6. The van der Waals surface area contributed by atoms with Gasteiger partial charge in [-0.15, -0.1) is 0 Å². The van der Waals surface area contributed by atoms with Crippen LogP contribution in [0.3, 0.4) is 0 Å². The first-order valence-electron chi connectivity index (χ1n) is 14.6. The van der Waals surface area contributed by atoms with Crippen LogP contribution in [-0.2, 0) is 17.6 Å². The third-order valence-electron chi connectivity index (χ3n) is 7.02. The lowest BCUT2D eigenvalue weighted by Gasteiger charge is -2.22. The summed E-state index contributed by atoms with van der Waals surface area (Å²) in [7, 11) is 0. The first kappa shape index (κ1) is 29.9. The Labute approximate surface area is 222 Å². The molecule has 0 fully saturated rings. The smallest absolute Gasteiger partial charge is 0.294 e. The van der Waals surface area contributed by atoms with E-state index in [4.69, 9.17) is 9.73 Å². The van der Waals surface area contributed by atoms with Gasteiger partial charge in [0.05, 0.1) is 12.3 Å². The molecule has 0 unspecified atom stereocenters. The molecule has 2 aromatic carbocycles. The molecule has 0 spiro atoms. The van der Waals surface area contributed by atoms with Gasteiger partial charge in [-0.25, -0.2) is 0 Å². The number of aliphatic imine (C=N–C) groups is 1. The van der Waals surface area contributed by atoms with E-state index in [-0.39, 0.29) is 0 Å². The number of hydrogen-bond acceptors (Lipinski definition) is 2. The van der Waals surface area contributed by atoms with E-state index < -0.39 is 0 Å². The van der Waals surface area contributed by atoms with E-state index in [1.54, 1.807) is 0 Å². The minimum Gasteiger partial charge on any atom is -0.465 e. The van der Waals surface area contributed by atoms with E-state index in [0.29, 0.717) is 24.5 Å². The maximum absolute atomic E-state index is 6.40. The fourth-order valence-corrected chi connectivity index (χ4v) is 4.76. The summed E-state index contributed by atoms with van der Waals surface area (Å²) in [5, 5.41) is 3.68. The number of unbranched alkanes of at least 4 members (excludes halogenated alkanes) is 7. The van der Waals surface area contributed by atoms with Crippen molar-refractivity contribution in [2.24, 2.45) is 4.99 Å². The van der Waals surface area contributed by atoms with Gasteiger partial charge < -0.3 is 10.1 Å². The number of anilines is 1. The average Bonchev–Trinajstić information content (AvgIpc) is 2.87. The Morgan fingerprint density at radius 3 is 1.72 bits per heavy atom. The van der Waals surface area contributed by atoms with Crippen LogP contribution in [0.2, 0.25) is 0 Å². The molecule has 0 atom stereocenters. The molecule has 0 heterocycles. The highest BCUT2D eigenvalue weighted by atomic mass is 16.5. The summed E-state index contributed by atoms with van der Waals surface area (Å²) >= 11 is 0. The molecular formula is C33H52N2O. The summed E-state index contributed by atoms with van der Waals surface area (Å²) in [6, 6.07) is 13.8. The molecule has 0 saturated carbocycles. The van der Waals surface area contributed by atoms with Crippen molar-refractivity contribution in [1.82, 2.24) is 0 Å². The summed E-state index contributed by atoms with van der Waals surface area (Å²) in [4.78, 5) is 5.15. The highest BCUT2D eigenvalue weighted by Crippen LogP contribution is 2.33. The molecule has 3 nitrogen and oxygen atoms in total. The molecule has 0 aliphatic heterocycles. The van der Waals surface area contributed by atoms with Gasteiger partial charge in [0.2, 0.25) is 0 Å². The molecule has 0 radical (unpaired) electrons. The zero-order valence-electron chi connectivity index (χ0n) is 24.3. The van der Waals surface area contributed by atoms with Gasteiger partial charge in [-0.2, -0.15) is 4.99 Å². The second-order valence-electron chi connectivity index (χ2n) is 10.6. The van der Waals surface area contributed by atoms with E-state index in [1.807, 2.05) is 0 Å². The molecule has 2 rings (SSSR count). The Hall–Kier alpha value is -2.29. The molecule has 0 bridgehead atoms. The Bertz CT molecular complexity index is 881. The maximum Gasteiger partial charge on any atom is 0.294 e.